The topological polar surface area (TPSA) is 50.2 Å². The fourth-order valence-electron chi connectivity index (χ4n) is 1.99. The minimum absolute atomic E-state index is 0.394. The van der Waals surface area contributed by atoms with Crippen LogP contribution >= 0.6 is 31.9 Å². The van der Waals surface area contributed by atoms with Gasteiger partial charge in [0.2, 0.25) is 0 Å². The van der Waals surface area contributed by atoms with Crippen molar-refractivity contribution in [2.45, 2.75) is 19.3 Å². The van der Waals surface area contributed by atoms with E-state index in [1.165, 1.54) is 0 Å². The fraction of sp³-hybridized carbons (Fsp3) is 0.200. The van der Waals surface area contributed by atoms with Crippen LogP contribution in [-0.4, -0.2) is 16.1 Å². The Morgan fingerprint density at radius 2 is 2.00 bits per heavy atom. The van der Waals surface area contributed by atoms with E-state index in [0.29, 0.717) is 12.1 Å². The Kier molecular flexibility index (Phi) is 4.94. The summed E-state index contributed by atoms with van der Waals surface area (Å²) in [7, 11) is 0. The van der Waals surface area contributed by atoms with Crippen LogP contribution in [0.4, 0.5) is 0 Å². The van der Waals surface area contributed by atoms with Crippen LogP contribution in [0.5, 0.6) is 0 Å². The number of pyridine rings is 1. The lowest BCUT2D eigenvalue weighted by Gasteiger charge is -2.15. The summed E-state index contributed by atoms with van der Waals surface area (Å²) in [5.74, 6) is -1.55. The molecule has 2 rings (SSSR count). The zero-order chi connectivity index (χ0) is 14.7. The minimum atomic E-state index is -0.877. The first-order valence-electron chi connectivity index (χ1n) is 6.07. The number of hydrogen-bond acceptors (Lipinski definition) is 2. The molecule has 0 aliphatic carbocycles. The smallest absolute Gasteiger partial charge is 0.312 e. The average Bonchev–Trinajstić information content (AvgIpc) is 2.38. The number of carboxylic acids is 1. The fourth-order valence-corrected chi connectivity index (χ4v) is 3.17. The maximum atomic E-state index is 11.6. The first-order valence-corrected chi connectivity index (χ1v) is 7.66. The van der Waals surface area contributed by atoms with Crippen molar-refractivity contribution in [2.75, 3.05) is 0 Å². The van der Waals surface area contributed by atoms with E-state index in [-0.39, 0.29) is 0 Å². The second kappa shape index (κ2) is 6.50. The molecule has 0 amide bonds. The van der Waals surface area contributed by atoms with E-state index in [1.54, 1.807) is 6.20 Å². The van der Waals surface area contributed by atoms with Crippen molar-refractivity contribution in [1.82, 2.24) is 4.98 Å². The van der Waals surface area contributed by atoms with E-state index < -0.39 is 11.9 Å². The third kappa shape index (κ3) is 3.46. The van der Waals surface area contributed by atoms with E-state index in [9.17, 15) is 9.90 Å². The van der Waals surface area contributed by atoms with Gasteiger partial charge >= 0.3 is 5.97 Å². The van der Waals surface area contributed by atoms with Crippen LogP contribution in [-0.2, 0) is 11.2 Å². The maximum absolute atomic E-state index is 11.6. The van der Waals surface area contributed by atoms with Gasteiger partial charge in [-0.2, -0.15) is 0 Å². The van der Waals surface area contributed by atoms with Gasteiger partial charge in [-0.1, -0.05) is 34.1 Å². The van der Waals surface area contributed by atoms with Gasteiger partial charge in [-0.15, -0.1) is 0 Å². The van der Waals surface area contributed by atoms with Gasteiger partial charge in [-0.05, 0) is 52.5 Å². The van der Waals surface area contributed by atoms with Crippen LogP contribution in [0.15, 0.2) is 45.5 Å². The molecule has 5 heteroatoms. The molecule has 1 aromatic heterocycles. The van der Waals surface area contributed by atoms with E-state index in [0.717, 1.165) is 20.1 Å². The van der Waals surface area contributed by atoms with Crippen molar-refractivity contribution in [3.8, 4) is 0 Å². The molecule has 0 aliphatic heterocycles. The molecule has 1 atom stereocenters. The summed E-state index contributed by atoms with van der Waals surface area (Å²) in [4.78, 5) is 15.9. The molecule has 1 unspecified atom stereocenters. The van der Waals surface area contributed by atoms with Gasteiger partial charge in [0, 0.05) is 15.1 Å². The molecule has 3 nitrogen and oxygen atoms in total. The number of hydrogen-bond donors (Lipinski definition) is 1. The lowest BCUT2D eigenvalue weighted by Crippen LogP contribution is -2.16. The molecule has 104 valence electrons. The normalized spacial score (nSPS) is 12.2. The second-order valence-electron chi connectivity index (χ2n) is 4.57. The van der Waals surface area contributed by atoms with Crippen molar-refractivity contribution in [2.24, 2.45) is 0 Å². The Labute approximate surface area is 134 Å². The second-order valence-corrected chi connectivity index (χ2v) is 6.27. The standard InChI is InChI=1S/C15H13Br2NO2/c1-9-6-13(17)14(18-8-9)11(15(19)20)7-10-4-2-3-5-12(10)16/h2-6,8,11H,7H2,1H3,(H,19,20). The van der Waals surface area contributed by atoms with E-state index >= 15 is 0 Å². The largest absolute Gasteiger partial charge is 0.481 e. The van der Waals surface area contributed by atoms with Crippen molar-refractivity contribution in [1.29, 1.82) is 0 Å². The molecular weight excluding hydrogens is 386 g/mol. The third-order valence-corrected chi connectivity index (χ3v) is 4.43. The molecule has 1 N–H and O–H groups in total. The van der Waals surface area contributed by atoms with Gasteiger partial charge in [-0.3, -0.25) is 9.78 Å². The Morgan fingerprint density at radius 1 is 1.30 bits per heavy atom. The van der Waals surface area contributed by atoms with Gasteiger partial charge in [0.15, 0.2) is 0 Å². The number of rotatable bonds is 4. The number of carbonyl (C=O) groups is 1. The summed E-state index contributed by atoms with van der Waals surface area (Å²) >= 11 is 6.86. The monoisotopic (exact) mass is 397 g/mol. The molecule has 0 radical (unpaired) electrons. The molecule has 0 saturated heterocycles. The zero-order valence-electron chi connectivity index (χ0n) is 10.8. The highest BCUT2D eigenvalue weighted by Gasteiger charge is 2.24. The summed E-state index contributed by atoms with van der Waals surface area (Å²) in [5.41, 5.74) is 2.50. The number of aromatic nitrogens is 1. The molecule has 0 fully saturated rings. The van der Waals surface area contributed by atoms with E-state index in [1.807, 2.05) is 37.3 Å². The molecule has 1 aromatic carbocycles. The number of carboxylic acid groups (broad SMARTS) is 1. The average molecular weight is 399 g/mol. The molecule has 0 saturated carbocycles. The summed E-state index contributed by atoms with van der Waals surface area (Å²) in [5, 5.41) is 9.50. The van der Waals surface area contributed by atoms with Crippen molar-refractivity contribution < 1.29 is 9.90 Å². The zero-order valence-corrected chi connectivity index (χ0v) is 14.0. The van der Waals surface area contributed by atoms with Crippen LogP contribution in [0.1, 0.15) is 22.7 Å². The molecular formula is C15H13Br2NO2. The first-order chi connectivity index (χ1) is 9.49. The lowest BCUT2D eigenvalue weighted by molar-refractivity contribution is -0.138. The number of aryl methyl sites for hydroxylation is 1. The number of nitrogens with zero attached hydrogens (tertiary/aromatic N) is 1. The van der Waals surface area contributed by atoms with Crippen LogP contribution < -0.4 is 0 Å². The van der Waals surface area contributed by atoms with Crippen LogP contribution in [0.3, 0.4) is 0 Å². The number of halogens is 2. The predicted octanol–water partition coefficient (Wildman–Crippen LogP) is 4.33. The highest BCUT2D eigenvalue weighted by atomic mass is 79.9. The summed E-state index contributed by atoms with van der Waals surface area (Å²) in [6.07, 6.45) is 2.08. The van der Waals surface area contributed by atoms with E-state index in [4.69, 9.17) is 0 Å². The van der Waals surface area contributed by atoms with Crippen LogP contribution in [0.2, 0.25) is 0 Å². The van der Waals surface area contributed by atoms with Gasteiger partial charge in [0.1, 0.15) is 5.92 Å². The van der Waals surface area contributed by atoms with Crippen LogP contribution in [0.25, 0.3) is 0 Å². The predicted molar refractivity (Wildman–Crippen MR) is 84.9 cm³/mol. The minimum Gasteiger partial charge on any atom is -0.481 e. The molecule has 1 heterocycles. The van der Waals surface area contributed by atoms with Gasteiger partial charge in [0.25, 0.3) is 0 Å². The van der Waals surface area contributed by atoms with Crippen LogP contribution in [0, 0.1) is 6.92 Å². The quantitative estimate of drug-likeness (QED) is 0.833. The molecule has 2 aromatic rings. The Bertz CT molecular complexity index is 644. The molecule has 20 heavy (non-hydrogen) atoms. The van der Waals surface area contributed by atoms with Gasteiger partial charge in [-0.25, -0.2) is 0 Å². The van der Waals surface area contributed by atoms with Gasteiger partial charge < -0.3 is 5.11 Å². The third-order valence-electron chi connectivity index (χ3n) is 3.02. The SMILES string of the molecule is Cc1cnc(C(Cc2ccccc2Br)C(=O)O)c(Br)c1. The Morgan fingerprint density at radius 3 is 2.60 bits per heavy atom. The summed E-state index contributed by atoms with van der Waals surface area (Å²) in [6.45, 7) is 1.92. The van der Waals surface area contributed by atoms with Gasteiger partial charge in [0.05, 0.1) is 5.69 Å². The van der Waals surface area contributed by atoms with Crippen molar-refractivity contribution in [3.63, 3.8) is 0 Å². The Balaban J connectivity index is 2.37. The summed E-state index contributed by atoms with van der Waals surface area (Å²) in [6, 6.07) is 9.52. The van der Waals surface area contributed by atoms with E-state index in [2.05, 4.69) is 36.8 Å². The highest BCUT2D eigenvalue weighted by Crippen LogP contribution is 2.29. The molecule has 0 bridgehead atoms. The molecule has 0 aliphatic rings. The van der Waals surface area contributed by atoms with Crippen molar-refractivity contribution in [3.05, 3.63) is 62.3 Å². The maximum Gasteiger partial charge on any atom is 0.312 e. The summed E-state index contributed by atoms with van der Waals surface area (Å²) < 4.78 is 1.64. The number of aliphatic carboxylic acids is 1. The number of benzene rings is 1. The van der Waals surface area contributed by atoms with Crippen molar-refractivity contribution >= 4 is 37.8 Å². The first kappa shape index (κ1) is 15.2. The Hall–Kier alpha value is -1.20. The highest BCUT2D eigenvalue weighted by molar-refractivity contribution is 9.10. The lowest BCUT2D eigenvalue weighted by atomic mass is 9.95. The molecule has 0 spiro atoms.